The number of aromatic amines is 1. The molecule has 134 valence electrons. The number of nitrogens with zero attached hydrogens (tertiary/aromatic N) is 2. The fourth-order valence-corrected chi connectivity index (χ4v) is 3.39. The van der Waals surface area contributed by atoms with E-state index in [2.05, 4.69) is 18.8 Å². The van der Waals surface area contributed by atoms with E-state index in [1.165, 1.54) is 13.2 Å². The van der Waals surface area contributed by atoms with Crippen LogP contribution in [0.15, 0.2) is 15.8 Å². The molecule has 1 aromatic heterocycles. The van der Waals surface area contributed by atoms with Crippen LogP contribution in [0.2, 0.25) is 0 Å². The van der Waals surface area contributed by atoms with Gasteiger partial charge in [0.1, 0.15) is 5.56 Å². The Hall–Kier alpha value is -1.89. The van der Waals surface area contributed by atoms with Crippen molar-refractivity contribution in [2.75, 3.05) is 13.2 Å². The number of nitrogens with one attached hydrogen (secondary N) is 1. The van der Waals surface area contributed by atoms with Gasteiger partial charge in [-0.05, 0) is 19.8 Å². The van der Waals surface area contributed by atoms with E-state index in [1.807, 2.05) is 13.8 Å². The second kappa shape index (κ2) is 6.93. The number of hydrogen-bond acceptors (Lipinski definition) is 4. The molecule has 1 aliphatic rings. The number of carbonyl (C=O) groups excluding carboxylic acids is 1. The van der Waals surface area contributed by atoms with Gasteiger partial charge in [0, 0.05) is 37.9 Å². The minimum absolute atomic E-state index is 0.00112. The highest BCUT2D eigenvalue weighted by molar-refractivity contribution is 5.94. The normalized spacial score (nSPS) is 22.0. The smallest absolute Gasteiger partial charge is 0.328 e. The van der Waals surface area contributed by atoms with Crippen LogP contribution < -0.4 is 11.2 Å². The van der Waals surface area contributed by atoms with Crippen molar-refractivity contribution < 1.29 is 9.53 Å². The standard InChI is InChI=1S/C17H27N3O4/c1-6-8-20(12-9-13(24-7-2)17(12,3)4)15(22)11-10-18-16(23)19(5)14(11)21/h10,12-13H,6-9H2,1-5H3,(H,18,23)/t12-,13-/m0/s1. The van der Waals surface area contributed by atoms with E-state index >= 15 is 0 Å². The van der Waals surface area contributed by atoms with Gasteiger partial charge < -0.3 is 14.6 Å². The van der Waals surface area contributed by atoms with E-state index in [-0.39, 0.29) is 29.0 Å². The van der Waals surface area contributed by atoms with E-state index in [4.69, 9.17) is 4.74 Å². The largest absolute Gasteiger partial charge is 0.378 e. The van der Waals surface area contributed by atoms with Gasteiger partial charge in [0.15, 0.2) is 0 Å². The zero-order valence-corrected chi connectivity index (χ0v) is 15.1. The van der Waals surface area contributed by atoms with E-state index in [0.717, 1.165) is 17.4 Å². The highest BCUT2D eigenvalue weighted by Crippen LogP contribution is 2.46. The molecule has 0 saturated heterocycles. The van der Waals surface area contributed by atoms with Gasteiger partial charge in [-0.25, -0.2) is 4.79 Å². The molecular weight excluding hydrogens is 310 g/mol. The summed E-state index contributed by atoms with van der Waals surface area (Å²) in [5, 5.41) is 0. The van der Waals surface area contributed by atoms with Crippen LogP contribution in [0.3, 0.4) is 0 Å². The summed E-state index contributed by atoms with van der Waals surface area (Å²) in [6.07, 6.45) is 2.89. The highest BCUT2D eigenvalue weighted by atomic mass is 16.5. The Morgan fingerprint density at radius 1 is 1.42 bits per heavy atom. The fraction of sp³-hybridized carbons (Fsp3) is 0.706. The first kappa shape index (κ1) is 18.4. The van der Waals surface area contributed by atoms with Crippen molar-refractivity contribution in [2.45, 2.75) is 52.7 Å². The Labute approximate surface area is 141 Å². The number of rotatable bonds is 6. The number of carbonyl (C=O) groups is 1. The number of H-pyrrole nitrogens is 1. The summed E-state index contributed by atoms with van der Waals surface area (Å²) in [5.41, 5.74) is -1.27. The number of ether oxygens (including phenoxy) is 1. The molecular formula is C17H27N3O4. The zero-order valence-electron chi connectivity index (χ0n) is 15.1. The van der Waals surface area contributed by atoms with Crippen LogP contribution in [0.4, 0.5) is 0 Å². The lowest BCUT2D eigenvalue weighted by Gasteiger charge is -2.55. The SMILES string of the molecule is CCCN(C(=O)c1c[nH]c(=O)n(C)c1=O)[C@H]1C[C@H](OCC)C1(C)C. The second-order valence-electron chi connectivity index (χ2n) is 6.89. The van der Waals surface area contributed by atoms with Gasteiger partial charge in [-0.1, -0.05) is 20.8 Å². The molecule has 0 spiro atoms. The molecule has 7 heteroatoms. The van der Waals surface area contributed by atoms with Crippen LogP contribution >= 0.6 is 0 Å². The lowest BCUT2D eigenvalue weighted by Crippen LogP contribution is -2.63. The molecule has 1 heterocycles. The summed E-state index contributed by atoms with van der Waals surface area (Å²) >= 11 is 0. The quantitative estimate of drug-likeness (QED) is 0.843. The van der Waals surface area contributed by atoms with Crippen LogP contribution in [-0.2, 0) is 11.8 Å². The zero-order chi connectivity index (χ0) is 18.1. The highest BCUT2D eigenvalue weighted by Gasteiger charge is 2.52. The molecule has 1 aliphatic carbocycles. The van der Waals surface area contributed by atoms with Crippen molar-refractivity contribution in [3.05, 3.63) is 32.6 Å². The third-order valence-electron chi connectivity index (χ3n) is 5.01. The van der Waals surface area contributed by atoms with E-state index in [0.29, 0.717) is 13.2 Å². The fourth-order valence-electron chi connectivity index (χ4n) is 3.39. The van der Waals surface area contributed by atoms with Crippen molar-refractivity contribution >= 4 is 5.91 Å². The topological polar surface area (TPSA) is 84.4 Å². The first-order chi connectivity index (χ1) is 11.3. The lowest BCUT2D eigenvalue weighted by atomic mass is 9.63. The molecule has 0 unspecified atom stereocenters. The molecule has 7 nitrogen and oxygen atoms in total. The molecule has 1 saturated carbocycles. The summed E-state index contributed by atoms with van der Waals surface area (Å²) in [4.78, 5) is 40.9. The number of aromatic nitrogens is 2. The molecule has 24 heavy (non-hydrogen) atoms. The first-order valence-corrected chi connectivity index (χ1v) is 8.46. The maximum Gasteiger partial charge on any atom is 0.328 e. The van der Waals surface area contributed by atoms with Crippen molar-refractivity contribution in [2.24, 2.45) is 12.5 Å². The Kier molecular flexibility index (Phi) is 5.32. The van der Waals surface area contributed by atoms with Crippen molar-refractivity contribution in [3.8, 4) is 0 Å². The van der Waals surface area contributed by atoms with E-state index in [1.54, 1.807) is 4.90 Å². The van der Waals surface area contributed by atoms with Crippen molar-refractivity contribution in [1.82, 2.24) is 14.5 Å². The maximum absolute atomic E-state index is 13.0. The molecule has 1 aromatic rings. The predicted molar refractivity (Wildman–Crippen MR) is 91.2 cm³/mol. The molecule has 0 aromatic carbocycles. The minimum Gasteiger partial charge on any atom is -0.378 e. The Balaban J connectivity index is 2.32. The van der Waals surface area contributed by atoms with Gasteiger partial charge in [-0.15, -0.1) is 0 Å². The molecule has 2 rings (SSSR count). The third kappa shape index (κ3) is 3.05. The lowest BCUT2D eigenvalue weighted by molar-refractivity contribution is -0.140. The van der Waals surface area contributed by atoms with E-state index < -0.39 is 11.2 Å². The van der Waals surface area contributed by atoms with Gasteiger partial charge in [-0.2, -0.15) is 0 Å². The molecule has 1 amide bonds. The van der Waals surface area contributed by atoms with Gasteiger partial charge >= 0.3 is 5.69 Å². The summed E-state index contributed by atoms with van der Waals surface area (Å²) in [6, 6.07) is 0.0122. The summed E-state index contributed by atoms with van der Waals surface area (Å²) in [6.45, 7) is 9.33. The molecule has 0 bridgehead atoms. The Morgan fingerprint density at radius 2 is 2.08 bits per heavy atom. The average molecular weight is 337 g/mol. The molecule has 2 atom stereocenters. The second-order valence-corrected chi connectivity index (χ2v) is 6.89. The summed E-state index contributed by atoms with van der Waals surface area (Å²) < 4.78 is 6.67. The van der Waals surface area contributed by atoms with Gasteiger partial charge in [0.2, 0.25) is 0 Å². The van der Waals surface area contributed by atoms with Crippen LogP contribution in [0.25, 0.3) is 0 Å². The molecule has 1 fully saturated rings. The average Bonchev–Trinajstić information content (AvgIpc) is 2.54. The van der Waals surface area contributed by atoms with Gasteiger partial charge in [0.25, 0.3) is 11.5 Å². The maximum atomic E-state index is 13.0. The van der Waals surface area contributed by atoms with Crippen molar-refractivity contribution in [3.63, 3.8) is 0 Å². The molecule has 0 radical (unpaired) electrons. The number of amides is 1. The number of hydrogen-bond donors (Lipinski definition) is 1. The van der Waals surface area contributed by atoms with E-state index in [9.17, 15) is 14.4 Å². The van der Waals surface area contributed by atoms with Crippen LogP contribution in [0.5, 0.6) is 0 Å². The van der Waals surface area contributed by atoms with Crippen LogP contribution in [0, 0.1) is 5.41 Å². The van der Waals surface area contributed by atoms with Crippen LogP contribution in [-0.4, -0.2) is 45.7 Å². The Morgan fingerprint density at radius 3 is 2.62 bits per heavy atom. The van der Waals surface area contributed by atoms with Gasteiger partial charge in [-0.3, -0.25) is 14.2 Å². The molecule has 0 aliphatic heterocycles. The predicted octanol–water partition coefficient (Wildman–Crippen LogP) is 1.13. The summed E-state index contributed by atoms with van der Waals surface area (Å²) in [7, 11) is 1.36. The Bertz CT molecular complexity index is 719. The summed E-state index contributed by atoms with van der Waals surface area (Å²) in [5.74, 6) is -0.332. The molecule has 1 N–H and O–H groups in total. The van der Waals surface area contributed by atoms with Gasteiger partial charge in [0.05, 0.1) is 6.10 Å². The third-order valence-corrected chi connectivity index (χ3v) is 5.01. The van der Waals surface area contributed by atoms with Crippen molar-refractivity contribution in [1.29, 1.82) is 0 Å². The first-order valence-electron chi connectivity index (χ1n) is 8.46. The monoisotopic (exact) mass is 337 g/mol. The van der Waals surface area contributed by atoms with Crippen LogP contribution in [0.1, 0.15) is 50.9 Å². The minimum atomic E-state index is -0.566.